The van der Waals surface area contributed by atoms with E-state index in [0.29, 0.717) is 23.7 Å². The van der Waals surface area contributed by atoms with E-state index in [2.05, 4.69) is 11.7 Å². The molecule has 5 heteroatoms. The highest BCUT2D eigenvalue weighted by molar-refractivity contribution is 5.86. The van der Waals surface area contributed by atoms with Crippen LogP contribution in [-0.2, 0) is 9.53 Å². The Bertz CT molecular complexity index is 584. The Kier molecular flexibility index (Phi) is 12.0. The molecule has 0 saturated carbocycles. The van der Waals surface area contributed by atoms with Gasteiger partial charge in [0, 0.05) is 25.1 Å². The van der Waals surface area contributed by atoms with Crippen molar-refractivity contribution in [2.45, 2.75) is 78.1 Å². The fourth-order valence-electron chi connectivity index (χ4n) is 2.90. The second-order valence-corrected chi connectivity index (χ2v) is 6.91. The molecule has 0 atom stereocenters. The minimum absolute atomic E-state index is 0.326. The molecule has 1 aromatic heterocycles. The molecule has 152 valence electrons. The maximum Gasteiger partial charge on any atom is 0.330 e. The molecule has 0 N–H and O–H groups in total. The van der Waals surface area contributed by atoms with Gasteiger partial charge in [-0.25, -0.2) is 4.79 Å². The summed E-state index contributed by atoms with van der Waals surface area (Å²) in [6.45, 7) is 4.53. The lowest BCUT2D eigenvalue weighted by atomic mass is 10.1. The van der Waals surface area contributed by atoms with Crippen LogP contribution < -0.4 is 9.47 Å². The summed E-state index contributed by atoms with van der Waals surface area (Å²) in [6.07, 6.45) is 15.3. The standard InChI is InChI=1S/C22H35NO4/c1-4-5-6-7-8-9-10-11-12-13-18-27-21-16-14-19(2)23(25)20(21)15-17-22(24)26-3/h14-17H,4-13,18H2,1-3H3/b17-15+. The van der Waals surface area contributed by atoms with Crippen molar-refractivity contribution in [3.05, 3.63) is 34.8 Å². The van der Waals surface area contributed by atoms with Crippen molar-refractivity contribution in [1.29, 1.82) is 0 Å². The molecule has 1 heterocycles. The molecule has 1 rings (SSSR count). The summed E-state index contributed by atoms with van der Waals surface area (Å²) in [7, 11) is 1.30. The van der Waals surface area contributed by atoms with Crippen molar-refractivity contribution in [1.82, 2.24) is 0 Å². The number of carbonyl (C=O) groups excluding carboxylic acids is 1. The summed E-state index contributed by atoms with van der Waals surface area (Å²) < 4.78 is 11.1. The molecule has 0 aliphatic carbocycles. The first-order valence-corrected chi connectivity index (χ1v) is 10.2. The first-order chi connectivity index (χ1) is 13.1. The van der Waals surface area contributed by atoms with Crippen molar-refractivity contribution in [3.8, 4) is 5.75 Å². The Labute approximate surface area is 164 Å². The van der Waals surface area contributed by atoms with Crippen LogP contribution in [0.1, 0.15) is 82.5 Å². The zero-order valence-corrected chi connectivity index (χ0v) is 17.2. The number of carbonyl (C=O) groups is 1. The van der Waals surface area contributed by atoms with Crippen LogP contribution in [0.4, 0.5) is 0 Å². The molecular weight excluding hydrogens is 342 g/mol. The lowest BCUT2D eigenvalue weighted by molar-refractivity contribution is -0.614. The molecule has 27 heavy (non-hydrogen) atoms. The van der Waals surface area contributed by atoms with Crippen LogP contribution in [0.25, 0.3) is 6.08 Å². The van der Waals surface area contributed by atoms with Crippen LogP contribution in [0.15, 0.2) is 18.2 Å². The molecule has 0 amide bonds. The van der Waals surface area contributed by atoms with E-state index in [1.807, 2.05) is 0 Å². The van der Waals surface area contributed by atoms with Gasteiger partial charge in [-0.15, -0.1) is 0 Å². The first kappa shape index (κ1) is 23.0. The summed E-state index contributed by atoms with van der Waals surface area (Å²) in [5.74, 6) is -0.0103. The van der Waals surface area contributed by atoms with Gasteiger partial charge in [0.25, 0.3) is 5.69 Å². The number of nitrogens with zero attached hydrogens (tertiary/aromatic N) is 1. The zero-order valence-electron chi connectivity index (χ0n) is 17.2. The van der Waals surface area contributed by atoms with E-state index in [-0.39, 0.29) is 0 Å². The topological polar surface area (TPSA) is 62.5 Å². The smallest absolute Gasteiger partial charge is 0.330 e. The minimum Gasteiger partial charge on any atom is -0.618 e. The Hall–Kier alpha value is -2.04. The van der Waals surface area contributed by atoms with Gasteiger partial charge in [-0.2, -0.15) is 4.73 Å². The van der Waals surface area contributed by atoms with Gasteiger partial charge >= 0.3 is 5.97 Å². The van der Waals surface area contributed by atoms with Crippen molar-refractivity contribution < 1.29 is 19.0 Å². The highest BCUT2D eigenvalue weighted by atomic mass is 16.5. The van der Waals surface area contributed by atoms with Crippen LogP contribution in [0.5, 0.6) is 5.75 Å². The minimum atomic E-state index is -0.503. The summed E-state index contributed by atoms with van der Waals surface area (Å²) in [5.41, 5.74) is 0.873. The van der Waals surface area contributed by atoms with Crippen molar-refractivity contribution in [2.75, 3.05) is 13.7 Å². The first-order valence-electron chi connectivity index (χ1n) is 10.2. The summed E-state index contributed by atoms with van der Waals surface area (Å²) in [5, 5.41) is 12.2. The van der Waals surface area contributed by atoms with Gasteiger partial charge in [-0.05, 0) is 12.5 Å². The molecule has 0 spiro atoms. The van der Waals surface area contributed by atoms with Crippen LogP contribution >= 0.6 is 0 Å². The number of aromatic nitrogens is 1. The van der Waals surface area contributed by atoms with Crippen LogP contribution in [0.2, 0.25) is 0 Å². The summed E-state index contributed by atoms with van der Waals surface area (Å²) >= 11 is 0. The molecule has 5 nitrogen and oxygen atoms in total. The SMILES string of the molecule is CCCCCCCCCCCCOc1ccc(C)[n+]([O-])c1/C=C/C(=O)OC. The molecule has 0 aliphatic rings. The number of esters is 1. The second kappa shape index (κ2) is 14.1. The Morgan fingerprint density at radius 3 is 2.22 bits per heavy atom. The van der Waals surface area contributed by atoms with E-state index >= 15 is 0 Å². The summed E-state index contributed by atoms with van der Waals surface area (Å²) in [4.78, 5) is 11.3. The molecule has 0 saturated heterocycles. The highest BCUT2D eigenvalue weighted by Crippen LogP contribution is 2.18. The second-order valence-electron chi connectivity index (χ2n) is 6.91. The molecule has 0 radical (unpaired) electrons. The van der Waals surface area contributed by atoms with Crippen LogP contribution in [-0.4, -0.2) is 19.7 Å². The quantitative estimate of drug-likeness (QED) is 0.148. The predicted octanol–water partition coefficient (Wildman–Crippen LogP) is 5.11. The molecular formula is C22H35NO4. The van der Waals surface area contributed by atoms with Gasteiger partial charge < -0.3 is 14.7 Å². The molecule has 0 bridgehead atoms. The molecule has 0 aliphatic heterocycles. The number of hydrogen-bond acceptors (Lipinski definition) is 4. The summed E-state index contributed by atoms with van der Waals surface area (Å²) in [6, 6.07) is 3.49. The normalized spacial score (nSPS) is 11.1. The lowest BCUT2D eigenvalue weighted by Crippen LogP contribution is -2.34. The van der Waals surface area contributed by atoms with Gasteiger partial charge in [-0.1, -0.05) is 64.7 Å². The molecule has 0 aromatic carbocycles. The number of aryl methyl sites for hydroxylation is 1. The number of ether oxygens (including phenoxy) is 2. The molecule has 0 unspecified atom stereocenters. The number of unbranched alkanes of at least 4 members (excludes halogenated alkanes) is 9. The van der Waals surface area contributed by atoms with Gasteiger partial charge in [0.2, 0.25) is 0 Å². The Balaban J connectivity index is 2.33. The number of pyridine rings is 1. The third-order valence-electron chi connectivity index (χ3n) is 4.60. The molecule has 1 aromatic rings. The monoisotopic (exact) mass is 377 g/mol. The van der Waals surface area contributed by atoms with Gasteiger partial charge in [0.05, 0.1) is 13.7 Å². The average Bonchev–Trinajstić information content (AvgIpc) is 2.67. The van der Waals surface area contributed by atoms with Crippen molar-refractivity contribution in [3.63, 3.8) is 0 Å². The van der Waals surface area contributed by atoms with Gasteiger partial charge in [0.1, 0.15) is 0 Å². The van der Waals surface area contributed by atoms with E-state index in [1.54, 1.807) is 19.1 Å². The molecule has 0 fully saturated rings. The predicted molar refractivity (Wildman–Crippen MR) is 109 cm³/mol. The third-order valence-corrected chi connectivity index (χ3v) is 4.60. The van der Waals surface area contributed by atoms with Crippen LogP contribution in [0.3, 0.4) is 0 Å². The van der Waals surface area contributed by atoms with Crippen molar-refractivity contribution >= 4 is 12.0 Å². The van der Waals surface area contributed by atoms with E-state index < -0.39 is 5.97 Å². The number of hydrogen-bond donors (Lipinski definition) is 0. The van der Waals surface area contributed by atoms with Gasteiger partial charge in [-0.3, -0.25) is 0 Å². The van der Waals surface area contributed by atoms with Gasteiger partial charge in [0.15, 0.2) is 11.4 Å². The maximum absolute atomic E-state index is 12.2. The number of methoxy groups -OCH3 is 1. The van der Waals surface area contributed by atoms with E-state index in [9.17, 15) is 10.0 Å². The fraction of sp³-hybridized carbons (Fsp3) is 0.636. The van der Waals surface area contributed by atoms with E-state index in [0.717, 1.165) is 17.6 Å². The highest BCUT2D eigenvalue weighted by Gasteiger charge is 2.14. The van der Waals surface area contributed by atoms with Crippen LogP contribution in [0, 0.1) is 12.1 Å². The third kappa shape index (κ3) is 9.45. The lowest BCUT2D eigenvalue weighted by Gasteiger charge is -2.11. The largest absolute Gasteiger partial charge is 0.618 e. The Morgan fingerprint density at radius 1 is 1.04 bits per heavy atom. The number of rotatable bonds is 14. The fourth-order valence-corrected chi connectivity index (χ4v) is 2.90. The maximum atomic E-state index is 12.2. The Morgan fingerprint density at radius 2 is 1.63 bits per heavy atom. The van der Waals surface area contributed by atoms with Crippen molar-refractivity contribution in [2.24, 2.45) is 0 Å². The van der Waals surface area contributed by atoms with E-state index in [4.69, 9.17) is 4.74 Å². The average molecular weight is 378 g/mol. The van der Waals surface area contributed by atoms with E-state index in [1.165, 1.54) is 70.6 Å². The zero-order chi connectivity index (χ0) is 19.9.